The number of carbonyl (C=O) groups is 2. The molecule has 0 radical (unpaired) electrons. The number of β-amino-alcohol motifs (C(OH)–C–C–N with tert-alkyl or cyclic N) is 1. The van der Waals surface area contributed by atoms with Crippen LogP contribution in [0.5, 0.6) is 0 Å². The Morgan fingerprint density at radius 2 is 1.92 bits per heavy atom. The topological polar surface area (TPSA) is 70.1 Å². The molecule has 0 bridgehead atoms. The molecule has 1 aromatic carbocycles. The van der Waals surface area contributed by atoms with Gasteiger partial charge in [0, 0.05) is 13.1 Å². The second kappa shape index (κ2) is 9.03. The molecular weight excluding hydrogens is 332 g/mol. The minimum absolute atomic E-state index is 0.0502. The highest BCUT2D eigenvalue weighted by Crippen LogP contribution is 2.15. The summed E-state index contributed by atoms with van der Waals surface area (Å²) in [5.41, 5.74) is 1.08. The smallest absolute Gasteiger partial charge is 0.410 e. The molecule has 1 atom stereocenters. The fraction of sp³-hybridized carbons (Fsp3) is 0.600. The van der Waals surface area contributed by atoms with Crippen LogP contribution in [0.1, 0.15) is 32.8 Å². The molecule has 1 unspecified atom stereocenters. The number of hydrogen-bond donors (Lipinski definition) is 1. The van der Waals surface area contributed by atoms with Crippen LogP contribution in [0.3, 0.4) is 0 Å². The summed E-state index contributed by atoms with van der Waals surface area (Å²) >= 11 is 0. The zero-order chi connectivity index (χ0) is 19.2. The van der Waals surface area contributed by atoms with Crippen LogP contribution in [0.15, 0.2) is 30.3 Å². The lowest BCUT2D eigenvalue weighted by Gasteiger charge is -2.24. The fourth-order valence-corrected chi connectivity index (χ4v) is 2.84. The maximum atomic E-state index is 12.5. The van der Waals surface area contributed by atoms with Crippen LogP contribution in [-0.2, 0) is 16.0 Å². The average molecular weight is 362 g/mol. The monoisotopic (exact) mass is 362 g/mol. The Morgan fingerprint density at radius 3 is 2.58 bits per heavy atom. The van der Waals surface area contributed by atoms with Gasteiger partial charge in [-0.1, -0.05) is 51.1 Å². The molecule has 6 nitrogen and oxygen atoms in total. The summed E-state index contributed by atoms with van der Waals surface area (Å²) in [6, 6.07) is 10.1. The summed E-state index contributed by atoms with van der Waals surface area (Å²) in [4.78, 5) is 27.6. The van der Waals surface area contributed by atoms with E-state index in [2.05, 4.69) is 12.1 Å². The lowest BCUT2D eigenvalue weighted by molar-refractivity contribution is -0.131. The predicted octanol–water partition coefficient (Wildman–Crippen LogP) is 2.31. The largest absolute Gasteiger partial charge is 0.449 e. The van der Waals surface area contributed by atoms with Crippen LogP contribution >= 0.6 is 0 Å². The zero-order valence-corrected chi connectivity index (χ0v) is 16.0. The van der Waals surface area contributed by atoms with Crippen molar-refractivity contribution in [3.63, 3.8) is 0 Å². The number of amides is 2. The standard InChI is InChI=1S/C20H30N2O4/c1-20(2,3)15-26-19(25)22-13-17(23)12-21(18(24)14-22)11-7-10-16-8-5-4-6-9-16/h4-6,8-9,17,23H,7,10-15H2,1-3H3. The quantitative estimate of drug-likeness (QED) is 0.873. The summed E-state index contributed by atoms with van der Waals surface area (Å²) in [6.45, 7) is 7.06. The van der Waals surface area contributed by atoms with Gasteiger partial charge in [0.15, 0.2) is 0 Å². The highest BCUT2D eigenvalue weighted by atomic mass is 16.6. The van der Waals surface area contributed by atoms with Gasteiger partial charge in [-0.15, -0.1) is 0 Å². The molecule has 1 aliphatic rings. The molecule has 144 valence electrons. The van der Waals surface area contributed by atoms with Crippen molar-refractivity contribution in [1.29, 1.82) is 0 Å². The van der Waals surface area contributed by atoms with E-state index in [0.29, 0.717) is 6.54 Å². The van der Waals surface area contributed by atoms with Crippen LogP contribution < -0.4 is 0 Å². The van der Waals surface area contributed by atoms with Crippen molar-refractivity contribution >= 4 is 12.0 Å². The molecule has 0 spiro atoms. The molecule has 1 fully saturated rings. The summed E-state index contributed by atoms with van der Waals surface area (Å²) in [6.07, 6.45) is 0.383. The normalized spacial score (nSPS) is 18.6. The van der Waals surface area contributed by atoms with Crippen molar-refractivity contribution in [2.75, 3.05) is 32.8 Å². The molecule has 1 heterocycles. The van der Waals surface area contributed by atoms with E-state index in [9.17, 15) is 14.7 Å². The molecular formula is C20H30N2O4. The molecule has 1 N–H and O–H groups in total. The summed E-state index contributed by atoms with van der Waals surface area (Å²) in [5.74, 6) is -0.151. The van der Waals surface area contributed by atoms with Crippen LogP contribution in [-0.4, -0.2) is 65.8 Å². The first kappa shape index (κ1) is 20.2. The minimum Gasteiger partial charge on any atom is -0.449 e. The Hall–Kier alpha value is -2.08. The van der Waals surface area contributed by atoms with Crippen molar-refractivity contribution in [2.24, 2.45) is 5.41 Å². The van der Waals surface area contributed by atoms with Gasteiger partial charge in [-0.3, -0.25) is 9.69 Å². The highest BCUT2D eigenvalue weighted by molar-refractivity contribution is 5.82. The first-order chi connectivity index (χ1) is 12.2. The molecule has 2 rings (SSSR count). The molecule has 26 heavy (non-hydrogen) atoms. The van der Waals surface area contributed by atoms with Gasteiger partial charge < -0.3 is 14.7 Å². The van der Waals surface area contributed by atoms with Crippen molar-refractivity contribution in [2.45, 2.75) is 39.7 Å². The van der Waals surface area contributed by atoms with E-state index in [4.69, 9.17) is 4.74 Å². The van der Waals surface area contributed by atoms with E-state index >= 15 is 0 Å². The van der Waals surface area contributed by atoms with Gasteiger partial charge in [0.1, 0.15) is 6.54 Å². The molecule has 0 saturated carbocycles. The van der Waals surface area contributed by atoms with Gasteiger partial charge in [0.2, 0.25) is 5.91 Å². The van der Waals surface area contributed by atoms with E-state index in [1.54, 1.807) is 4.90 Å². The Balaban J connectivity index is 1.86. The number of rotatable bonds is 5. The van der Waals surface area contributed by atoms with Gasteiger partial charge in [-0.25, -0.2) is 4.79 Å². The van der Waals surface area contributed by atoms with E-state index in [1.807, 2.05) is 39.0 Å². The number of ether oxygens (including phenoxy) is 1. The van der Waals surface area contributed by atoms with Crippen LogP contribution in [0.2, 0.25) is 0 Å². The van der Waals surface area contributed by atoms with Gasteiger partial charge in [-0.05, 0) is 23.8 Å². The third-order valence-electron chi connectivity index (χ3n) is 4.16. The Kier molecular flexibility index (Phi) is 7.03. The SMILES string of the molecule is CC(C)(C)COC(=O)N1CC(=O)N(CCCc2ccccc2)CC(O)C1. The molecule has 1 saturated heterocycles. The number of benzene rings is 1. The van der Waals surface area contributed by atoms with Crippen molar-refractivity contribution in [1.82, 2.24) is 9.80 Å². The number of aliphatic hydroxyl groups is 1. The van der Waals surface area contributed by atoms with Crippen molar-refractivity contribution < 1.29 is 19.4 Å². The second-order valence-electron chi connectivity index (χ2n) is 8.08. The lowest BCUT2D eigenvalue weighted by Crippen LogP contribution is -2.40. The molecule has 2 amide bonds. The molecule has 0 aromatic heterocycles. The third kappa shape index (κ3) is 6.67. The average Bonchev–Trinajstić information content (AvgIpc) is 2.72. The zero-order valence-electron chi connectivity index (χ0n) is 16.0. The molecule has 1 aliphatic heterocycles. The number of nitrogens with zero attached hydrogens (tertiary/aromatic N) is 2. The number of carbonyl (C=O) groups excluding carboxylic acids is 2. The Labute approximate surface area is 155 Å². The lowest BCUT2D eigenvalue weighted by atomic mass is 9.99. The maximum absolute atomic E-state index is 12.5. The van der Waals surface area contributed by atoms with E-state index < -0.39 is 12.2 Å². The first-order valence-electron chi connectivity index (χ1n) is 9.16. The molecule has 1 aromatic rings. The second-order valence-corrected chi connectivity index (χ2v) is 8.08. The predicted molar refractivity (Wildman–Crippen MR) is 99.7 cm³/mol. The van der Waals surface area contributed by atoms with Crippen molar-refractivity contribution in [3.05, 3.63) is 35.9 Å². The van der Waals surface area contributed by atoms with Crippen molar-refractivity contribution in [3.8, 4) is 0 Å². The molecule has 6 heteroatoms. The number of aliphatic hydroxyl groups excluding tert-OH is 1. The van der Waals surface area contributed by atoms with E-state index in [1.165, 1.54) is 10.5 Å². The van der Waals surface area contributed by atoms with E-state index in [-0.39, 0.29) is 37.6 Å². The van der Waals surface area contributed by atoms with Gasteiger partial charge in [-0.2, -0.15) is 0 Å². The maximum Gasteiger partial charge on any atom is 0.410 e. The van der Waals surface area contributed by atoms with Gasteiger partial charge in [0.05, 0.1) is 19.3 Å². The minimum atomic E-state index is -0.764. The van der Waals surface area contributed by atoms with Crippen LogP contribution in [0, 0.1) is 5.41 Å². The van der Waals surface area contributed by atoms with E-state index in [0.717, 1.165) is 12.8 Å². The summed E-state index contributed by atoms with van der Waals surface area (Å²) in [5, 5.41) is 10.2. The number of hydrogen-bond acceptors (Lipinski definition) is 4. The Morgan fingerprint density at radius 1 is 1.23 bits per heavy atom. The van der Waals surface area contributed by atoms with Gasteiger partial charge in [0.25, 0.3) is 0 Å². The fourth-order valence-electron chi connectivity index (χ4n) is 2.84. The van der Waals surface area contributed by atoms with Crippen LogP contribution in [0.4, 0.5) is 4.79 Å². The first-order valence-corrected chi connectivity index (χ1v) is 9.16. The summed E-state index contributed by atoms with van der Waals surface area (Å²) in [7, 11) is 0. The molecule has 0 aliphatic carbocycles. The summed E-state index contributed by atoms with van der Waals surface area (Å²) < 4.78 is 5.28. The van der Waals surface area contributed by atoms with Crippen LogP contribution in [0.25, 0.3) is 0 Å². The Bertz CT molecular complexity index is 598. The highest BCUT2D eigenvalue weighted by Gasteiger charge is 2.30. The van der Waals surface area contributed by atoms with Gasteiger partial charge >= 0.3 is 6.09 Å². The third-order valence-corrected chi connectivity index (χ3v) is 4.16. The number of aryl methyl sites for hydroxylation is 1.